The van der Waals surface area contributed by atoms with E-state index in [-0.39, 0.29) is 31.4 Å². The van der Waals surface area contributed by atoms with Gasteiger partial charge in [-0.15, -0.1) is 0 Å². The first kappa shape index (κ1) is 14.0. The van der Waals surface area contributed by atoms with Crippen LogP contribution in [0.25, 0.3) is 10.9 Å². The number of rotatable bonds is 3. The van der Waals surface area contributed by atoms with E-state index in [1.165, 1.54) is 0 Å². The molecule has 3 N–H and O–H groups in total. The molecule has 6 nitrogen and oxygen atoms in total. The summed E-state index contributed by atoms with van der Waals surface area (Å²) in [7, 11) is 0. The highest BCUT2D eigenvalue weighted by atomic mass is 16.3. The molecule has 0 saturated carbocycles. The van der Waals surface area contributed by atoms with Crippen LogP contribution in [0.5, 0.6) is 0 Å². The summed E-state index contributed by atoms with van der Waals surface area (Å²) in [5.41, 5.74) is 1.65. The number of aromatic nitrogens is 2. The number of carbonyl (C=O) groups excluding carboxylic acids is 1. The first-order valence-corrected chi connectivity index (χ1v) is 7.17. The molecule has 1 amide bonds. The normalized spacial score (nSPS) is 22.7. The second-order valence-corrected chi connectivity index (χ2v) is 5.53. The smallest absolute Gasteiger partial charge is 0.228 e. The molecule has 6 heteroatoms. The average Bonchev–Trinajstić information content (AvgIpc) is 2.90. The van der Waals surface area contributed by atoms with Crippen molar-refractivity contribution in [1.29, 1.82) is 0 Å². The van der Waals surface area contributed by atoms with Crippen LogP contribution in [0.15, 0.2) is 24.3 Å². The number of amides is 1. The van der Waals surface area contributed by atoms with Gasteiger partial charge in [-0.2, -0.15) is 5.10 Å². The Labute approximate surface area is 122 Å². The zero-order chi connectivity index (χ0) is 14.8. The van der Waals surface area contributed by atoms with E-state index in [0.29, 0.717) is 13.0 Å². The maximum Gasteiger partial charge on any atom is 0.228 e. The Kier molecular flexibility index (Phi) is 3.90. The number of H-pyrrole nitrogens is 1. The lowest BCUT2D eigenvalue weighted by Crippen LogP contribution is -2.48. The minimum absolute atomic E-state index is 0.0279. The molecule has 2 heterocycles. The van der Waals surface area contributed by atoms with E-state index in [4.69, 9.17) is 5.11 Å². The van der Waals surface area contributed by atoms with Gasteiger partial charge in [0.1, 0.15) is 0 Å². The van der Waals surface area contributed by atoms with E-state index in [9.17, 15) is 9.90 Å². The third kappa shape index (κ3) is 2.77. The molecule has 0 radical (unpaired) electrons. The first-order valence-electron chi connectivity index (χ1n) is 7.17. The molecule has 1 saturated heterocycles. The Bertz CT molecular complexity index is 640. The fraction of sp³-hybridized carbons (Fsp3) is 0.467. The van der Waals surface area contributed by atoms with Crippen LogP contribution in [-0.2, 0) is 11.2 Å². The van der Waals surface area contributed by atoms with Gasteiger partial charge < -0.3 is 15.1 Å². The number of carbonyl (C=O) groups is 1. The van der Waals surface area contributed by atoms with Crippen LogP contribution in [0.1, 0.15) is 12.1 Å². The Morgan fingerprint density at radius 1 is 1.43 bits per heavy atom. The number of likely N-dealkylation sites (tertiary alicyclic amines) is 1. The Balaban J connectivity index is 1.69. The number of piperidine rings is 1. The molecular formula is C15H19N3O3. The lowest BCUT2D eigenvalue weighted by Gasteiger charge is -2.35. The van der Waals surface area contributed by atoms with Crippen LogP contribution in [0, 0.1) is 5.92 Å². The molecule has 2 aromatic rings. The van der Waals surface area contributed by atoms with Gasteiger partial charge in [0, 0.05) is 31.0 Å². The summed E-state index contributed by atoms with van der Waals surface area (Å²) in [6.07, 6.45) is 0.232. The minimum Gasteiger partial charge on any atom is -0.396 e. The molecule has 1 aromatic heterocycles. The zero-order valence-electron chi connectivity index (χ0n) is 11.7. The van der Waals surface area contributed by atoms with Gasteiger partial charge >= 0.3 is 0 Å². The van der Waals surface area contributed by atoms with E-state index < -0.39 is 6.10 Å². The highest BCUT2D eigenvalue weighted by Gasteiger charge is 2.29. The Morgan fingerprint density at radius 2 is 2.24 bits per heavy atom. The molecule has 0 bridgehead atoms. The molecule has 2 atom stereocenters. The maximum absolute atomic E-state index is 12.4. The maximum atomic E-state index is 12.4. The molecule has 1 aromatic carbocycles. The van der Waals surface area contributed by atoms with Crippen LogP contribution in [0.3, 0.4) is 0 Å². The quantitative estimate of drug-likeness (QED) is 0.758. The van der Waals surface area contributed by atoms with Gasteiger partial charge in [-0.1, -0.05) is 18.2 Å². The Hall–Kier alpha value is -1.92. The van der Waals surface area contributed by atoms with Crippen molar-refractivity contribution < 1.29 is 15.0 Å². The van der Waals surface area contributed by atoms with Crippen LogP contribution in [0.4, 0.5) is 0 Å². The van der Waals surface area contributed by atoms with Crippen molar-refractivity contribution in [1.82, 2.24) is 15.1 Å². The van der Waals surface area contributed by atoms with Gasteiger partial charge in [0.2, 0.25) is 5.91 Å². The molecule has 0 aliphatic carbocycles. The second kappa shape index (κ2) is 5.83. The number of benzene rings is 1. The number of nitrogens with one attached hydrogen (secondary N) is 1. The molecule has 1 aliphatic rings. The lowest BCUT2D eigenvalue weighted by molar-refractivity contribution is -0.135. The van der Waals surface area contributed by atoms with Gasteiger partial charge in [-0.3, -0.25) is 9.89 Å². The second-order valence-electron chi connectivity index (χ2n) is 5.53. The predicted octanol–water partition coefficient (Wildman–Crippen LogP) is 0.307. The van der Waals surface area contributed by atoms with Gasteiger partial charge in [0.05, 0.1) is 23.7 Å². The van der Waals surface area contributed by atoms with E-state index in [1.54, 1.807) is 4.90 Å². The summed E-state index contributed by atoms with van der Waals surface area (Å²) < 4.78 is 0. The van der Waals surface area contributed by atoms with Crippen molar-refractivity contribution in [3.63, 3.8) is 0 Å². The SMILES string of the molecule is O=C(Cc1[nH]nc2ccccc12)N1CC[C@H](CO)[C@@H](O)C1. The third-order valence-electron chi connectivity index (χ3n) is 4.18. The minimum atomic E-state index is -0.647. The van der Waals surface area contributed by atoms with Crippen molar-refractivity contribution in [2.75, 3.05) is 19.7 Å². The number of hydrogen-bond donors (Lipinski definition) is 3. The highest BCUT2D eigenvalue weighted by Crippen LogP contribution is 2.20. The summed E-state index contributed by atoms with van der Waals surface area (Å²) in [5, 5.41) is 27.1. The van der Waals surface area contributed by atoms with E-state index in [2.05, 4.69) is 10.2 Å². The first-order chi connectivity index (χ1) is 10.2. The largest absolute Gasteiger partial charge is 0.396 e. The van der Waals surface area contributed by atoms with Gasteiger partial charge in [-0.05, 0) is 12.5 Å². The molecule has 1 fully saturated rings. The topological polar surface area (TPSA) is 89.5 Å². The number of aliphatic hydroxyl groups is 2. The van der Waals surface area contributed by atoms with Crippen molar-refractivity contribution >= 4 is 16.8 Å². The van der Waals surface area contributed by atoms with E-state index >= 15 is 0 Å². The number of aliphatic hydroxyl groups excluding tert-OH is 2. The summed E-state index contributed by atoms with van der Waals surface area (Å²) in [5.74, 6) is -0.151. The summed E-state index contributed by atoms with van der Waals surface area (Å²) >= 11 is 0. The molecule has 1 aliphatic heterocycles. The number of para-hydroxylation sites is 1. The lowest BCUT2D eigenvalue weighted by atomic mass is 9.94. The molecule has 112 valence electrons. The zero-order valence-corrected chi connectivity index (χ0v) is 11.7. The number of hydrogen-bond acceptors (Lipinski definition) is 4. The van der Waals surface area contributed by atoms with Crippen LogP contribution in [-0.4, -0.2) is 57.0 Å². The molecule has 0 unspecified atom stereocenters. The summed E-state index contributed by atoms with van der Waals surface area (Å²) in [6, 6.07) is 7.66. The molecular weight excluding hydrogens is 270 g/mol. The standard InChI is InChI=1S/C15H19N3O3/c19-9-10-5-6-18(8-14(10)20)15(21)7-13-11-3-1-2-4-12(11)16-17-13/h1-4,10,14,19-20H,5-9H2,(H,16,17)/t10-,14+/m1/s1. The average molecular weight is 289 g/mol. The van der Waals surface area contributed by atoms with Crippen molar-refractivity contribution in [3.8, 4) is 0 Å². The van der Waals surface area contributed by atoms with Crippen LogP contribution < -0.4 is 0 Å². The van der Waals surface area contributed by atoms with Crippen molar-refractivity contribution in [3.05, 3.63) is 30.0 Å². The molecule has 21 heavy (non-hydrogen) atoms. The highest BCUT2D eigenvalue weighted by molar-refractivity contribution is 5.87. The fourth-order valence-electron chi connectivity index (χ4n) is 2.83. The predicted molar refractivity (Wildman–Crippen MR) is 77.6 cm³/mol. The third-order valence-corrected chi connectivity index (χ3v) is 4.18. The van der Waals surface area contributed by atoms with Crippen molar-refractivity contribution in [2.45, 2.75) is 18.9 Å². The van der Waals surface area contributed by atoms with E-state index in [0.717, 1.165) is 16.6 Å². The van der Waals surface area contributed by atoms with Crippen LogP contribution >= 0.6 is 0 Å². The molecule has 0 spiro atoms. The van der Waals surface area contributed by atoms with E-state index in [1.807, 2.05) is 24.3 Å². The molecule has 3 rings (SSSR count). The summed E-state index contributed by atoms with van der Waals surface area (Å²) in [4.78, 5) is 14.0. The number of β-amino-alcohol motifs (C(OH)–C–C–N with tert-alkyl or cyclic N) is 1. The monoisotopic (exact) mass is 289 g/mol. The fourth-order valence-corrected chi connectivity index (χ4v) is 2.83. The van der Waals surface area contributed by atoms with Gasteiger partial charge in [0.25, 0.3) is 0 Å². The van der Waals surface area contributed by atoms with Crippen molar-refractivity contribution in [2.24, 2.45) is 5.92 Å². The van der Waals surface area contributed by atoms with Gasteiger partial charge in [-0.25, -0.2) is 0 Å². The number of nitrogens with zero attached hydrogens (tertiary/aromatic N) is 2. The van der Waals surface area contributed by atoms with Gasteiger partial charge in [0.15, 0.2) is 0 Å². The Morgan fingerprint density at radius 3 is 3.00 bits per heavy atom. The summed E-state index contributed by atoms with van der Waals surface area (Å²) in [6.45, 7) is 0.831. The van der Waals surface area contributed by atoms with Crippen LogP contribution in [0.2, 0.25) is 0 Å². The number of aromatic amines is 1. The number of fused-ring (bicyclic) bond motifs is 1.